The minimum atomic E-state index is 0.992. The summed E-state index contributed by atoms with van der Waals surface area (Å²) in [7, 11) is 8.17. The first-order chi connectivity index (χ1) is 19.3. The Morgan fingerprint density at radius 3 is 1.15 bits per heavy atom. The molecule has 40 heavy (non-hydrogen) atoms. The van der Waals surface area contributed by atoms with E-state index in [4.69, 9.17) is 0 Å². The molecule has 0 fully saturated rings. The zero-order valence-electron chi connectivity index (χ0n) is 22.7. The normalized spacial score (nSPS) is 10.8. The van der Waals surface area contributed by atoms with Crippen LogP contribution in [-0.4, -0.2) is 28.2 Å². The Labute approximate surface area is 252 Å². The lowest BCUT2D eigenvalue weighted by Crippen LogP contribution is -2.07. The maximum atomic E-state index is 3.84. The summed E-state index contributed by atoms with van der Waals surface area (Å²) < 4.78 is 2.07. The number of benzene rings is 6. The molecule has 0 saturated carbocycles. The van der Waals surface area contributed by atoms with E-state index in [-0.39, 0.29) is 0 Å². The van der Waals surface area contributed by atoms with Crippen LogP contribution in [0.15, 0.2) is 93.9 Å². The first-order valence-corrected chi connectivity index (χ1v) is 14.6. The first kappa shape index (κ1) is 26.3. The second kappa shape index (κ2) is 10.5. The summed E-state index contributed by atoms with van der Waals surface area (Å²) in [5, 5.41) is 7.04. The van der Waals surface area contributed by atoms with E-state index in [9.17, 15) is 0 Å². The quantitative estimate of drug-likeness (QED) is 0.137. The fourth-order valence-corrected chi connectivity index (χ4v) is 6.20. The molecule has 4 heteroatoms. The van der Waals surface area contributed by atoms with Crippen LogP contribution >= 0.6 is 31.9 Å². The van der Waals surface area contributed by atoms with Crippen LogP contribution in [0.1, 0.15) is 22.3 Å². The molecule has 6 aromatic rings. The zero-order chi connectivity index (χ0) is 28.0. The zero-order valence-corrected chi connectivity index (χ0v) is 25.9. The average Bonchev–Trinajstić information content (AvgIpc) is 2.96. The van der Waals surface area contributed by atoms with Gasteiger partial charge in [0.15, 0.2) is 0 Å². The summed E-state index contributed by atoms with van der Waals surface area (Å²) in [6.45, 7) is 0. The minimum absolute atomic E-state index is 0.992. The summed E-state index contributed by atoms with van der Waals surface area (Å²) in [4.78, 5) is 4.18. The largest absolute Gasteiger partial charge is 0.378 e. The Hall–Kier alpha value is -3.96. The number of nitrogens with zero attached hydrogens (tertiary/aromatic N) is 2. The van der Waals surface area contributed by atoms with E-state index in [0.717, 1.165) is 53.3 Å². The maximum absolute atomic E-state index is 3.84. The van der Waals surface area contributed by atoms with Gasteiger partial charge < -0.3 is 9.80 Å². The molecular weight excluding hydrogens is 620 g/mol. The van der Waals surface area contributed by atoms with Crippen molar-refractivity contribution in [2.24, 2.45) is 0 Å². The van der Waals surface area contributed by atoms with Crippen molar-refractivity contribution < 1.29 is 0 Å². The third-order valence-electron chi connectivity index (χ3n) is 7.25. The molecular formula is C36H26Br2N2. The number of halogens is 2. The fraction of sp³-hybridized carbons (Fsp3) is 0.111. The topological polar surface area (TPSA) is 6.48 Å². The molecule has 0 saturated heterocycles. The van der Waals surface area contributed by atoms with Crippen molar-refractivity contribution in [3.63, 3.8) is 0 Å². The van der Waals surface area contributed by atoms with Gasteiger partial charge in [-0.3, -0.25) is 0 Å². The third-order valence-corrected chi connectivity index (χ3v) is 8.56. The molecule has 0 aromatic heterocycles. The molecule has 194 valence electrons. The van der Waals surface area contributed by atoms with Gasteiger partial charge in [-0.1, -0.05) is 79.8 Å². The molecule has 0 aliphatic rings. The number of anilines is 2. The molecule has 2 nitrogen and oxygen atoms in total. The van der Waals surface area contributed by atoms with Crippen molar-refractivity contribution >= 4 is 75.6 Å². The van der Waals surface area contributed by atoms with Crippen LogP contribution in [-0.2, 0) is 0 Å². The van der Waals surface area contributed by atoms with Crippen LogP contribution in [0.2, 0.25) is 0 Å². The van der Waals surface area contributed by atoms with Crippen LogP contribution in [0.4, 0.5) is 11.4 Å². The molecule has 0 amide bonds. The lowest BCUT2D eigenvalue weighted by Gasteiger charge is -2.15. The molecule has 0 bridgehead atoms. The number of hydrogen-bond donors (Lipinski definition) is 0. The highest BCUT2D eigenvalue weighted by atomic mass is 79.9. The molecule has 6 rings (SSSR count). The maximum Gasteiger partial charge on any atom is 0.0361 e. The van der Waals surface area contributed by atoms with Crippen LogP contribution in [0.5, 0.6) is 0 Å². The Morgan fingerprint density at radius 1 is 0.450 bits per heavy atom. The van der Waals surface area contributed by atoms with Gasteiger partial charge in [-0.05, 0) is 93.0 Å². The Balaban J connectivity index is 1.51. The average molecular weight is 646 g/mol. The van der Waals surface area contributed by atoms with Crippen LogP contribution < -0.4 is 9.80 Å². The second-order valence-electron chi connectivity index (χ2n) is 10.3. The van der Waals surface area contributed by atoms with E-state index in [0.29, 0.717) is 0 Å². The van der Waals surface area contributed by atoms with E-state index in [1.165, 1.54) is 21.5 Å². The van der Waals surface area contributed by atoms with Crippen molar-refractivity contribution in [3.8, 4) is 23.7 Å². The van der Waals surface area contributed by atoms with E-state index in [1.54, 1.807) is 0 Å². The van der Waals surface area contributed by atoms with Gasteiger partial charge in [0.25, 0.3) is 0 Å². The molecule has 0 aliphatic carbocycles. The third kappa shape index (κ3) is 4.79. The lowest BCUT2D eigenvalue weighted by molar-refractivity contribution is 1.13. The highest BCUT2D eigenvalue weighted by molar-refractivity contribution is 9.11. The van der Waals surface area contributed by atoms with Crippen molar-refractivity contribution in [1.29, 1.82) is 0 Å². The predicted molar refractivity (Wildman–Crippen MR) is 179 cm³/mol. The van der Waals surface area contributed by atoms with Gasteiger partial charge in [0.2, 0.25) is 0 Å². The Morgan fingerprint density at radius 2 is 0.800 bits per heavy atom. The van der Waals surface area contributed by atoms with Gasteiger partial charge in [0, 0.05) is 70.8 Å². The number of rotatable bonds is 2. The molecule has 0 spiro atoms. The lowest BCUT2D eigenvalue weighted by atomic mass is 9.90. The second-order valence-corrected chi connectivity index (χ2v) is 12.0. The van der Waals surface area contributed by atoms with E-state index < -0.39 is 0 Å². The van der Waals surface area contributed by atoms with Gasteiger partial charge in [0.1, 0.15) is 0 Å². The Kier molecular flexibility index (Phi) is 6.93. The van der Waals surface area contributed by atoms with Gasteiger partial charge in [-0.15, -0.1) is 0 Å². The van der Waals surface area contributed by atoms with Crippen molar-refractivity contribution in [3.05, 3.63) is 116 Å². The monoisotopic (exact) mass is 644 g/mol. The summed E-state index contributed by atoms with van der Waals surface area (Å²) in [6.07, 6.45) is 0. The van der Waals surface area contributed by atoms with Crippen LogP contribution in [0.25, 0.3) is 32.3 Å². The minimum Gasteiger partial charge on any atom is -0.378 e. The summed E-state index contributed by atoms with van der Waals surface area (Å²) in [6, 6.07) is 29.7. The first-order valence-electron chi connectivity index (χ1n) is 13.0. The van der Waals surface area contributed by atoms with Crippen molar-refractivity contribution in [2.45, 2.75) is 0 Å². The summed E-state index contributed by atoms with van der Waals surface area (Å²) >= 11 is 7.68. The van der Waals surface area contributed by atoms with Crippen molar-refractivity contribution in [2.75, 3.05) is 38.0 Å². The molecule has 0 heterocycles. The SMILES string of the molecule is CN(C)c1ccc(C#Cc2cc(Br)c3ccc4c(C#Cc5ccc(N(C)C)cc5)cc(Br)c5ccc2c3c54)cc1. The number of hydrogen-bond acceptors (Lipinski definition) is 2. The van der Waals surface area contributed by atoms with E-state index in [1.807, 2.05) is 28.2 Å². The van der Waals surface area contributed by atoms with Gasteiger partial charge in [0.05, 0.1) is 0 Å². The molecule has 0 N–H and O–H groups in total. The van der Waals surface area contributed by atoms with E-state index in [2.05, 4.69) is 150 Å². The fourth-order valence-electron chi connectivity index (χ4n) is 5.08. The predicted octanol–water partition coefficient (Wildman–Crippen LogP) is 9.04. The summed E-state index contributed by atoms with van der Waals surface area (Å²) in [5.74, 6) is 13.7. The van der Waals surface area contributed by atoms with Gasteiger partial charge in [-0.2, -0.15) is 0 Å². The van der Waals surface area contributed by atoms with E-state index >= 15 is 0 Å². The van der Waals surface area contributed by atoms with Gasteiger partial charge >= 0.3 is 0 Å². The molecule has 0 radical (unpaired) electrons. The molecule has 0 atom stereocenters. The van der Waals surface area contributed by atoms with Crippen molar-refractivity contribution in [1.82, 2.24) is 0 Å². The van der Waals surface area contributed by atoms with Gasteiger partial charge in [-0.25, -0.2) is 0 Å². The smallest absolute Gasteiger partial charge is 0.0361 e. The molecule has 0 aliphatic heterocycles. The highest BCUT2D eigenvalue weighted by Crippen LogP contribution is 2.42. The standard InChI is InChI=1S/C36H26Br2N2/c1-39(2)27-13-7-23(8-14-27)5-11-25-21-33(37)31-20-18-30-26(12-6-24-9-15-28(16-10-24)40(3)4)22-34(38)32-19-17-29(25)35(31)36(30)32/h7-10,13-22H,1-4H3. The summed E-state index contributed by atoms with van der Waals surface area (Å²) in [5.41, 5.74) is 6.30. The molecule has 6 aromatic carbocycles. The highest BCUT2D eigenvalue weighted by Gasteiger charge is 2.16. The molecule has 0 unspecified atom stereocenters. The van der Waals surface area contributed by atoms with Crippen LogP contribution in [0, 0.1) is 23.7 Å². The van der Waals surface area contributed by atoms with Crippen LogP contribution in [0.3, 0.4) is 0 Å². The Bertz CT molecular complexity index is 1870.